The van der Waals surface area contributed by atoms with E-state index >= 15 is 0 Å². The van der Waals surface area contributed by atoms with Crippen LogP contribution in [-0.2, 0) is 0 Å². The predicted octanol–water partition coefficient (Wildman–Crippen LogP) is 2.00. The SMILES string of the molecule is COc1ccc(C(O)C(C)N(C)CC2CCN(C)C2)cc1. The van der Waals surface area contributed by atoms with Gasteiger partial charge < -0.3 is 19.6 Å². The maximum Gasteiger partial charge on any atom is 0.118 e. The third kappa shape index (κ3) is 4.19. The fourth-order valence-electron chi connectivity index (χ4n) is 3.07. The molecule has 3 unspecified atom stereocenters. The second kappa shape index (κ2) is 7.25. The van der Waals surface area contributed by atoms with Crippen LogP contribution in [-0.4, -0.2) is 61.8 Å². The van der Waals surface area contributed by atoms with Gasteiger partial charge in [-0.15, -0.1) is 0 Å². The van der Waals surface area contributed by atoms with Gasteiger partial charge in [0.25, 0.3) is 0 Å². The molecule has 1 aromatic rings. The zero-order chi connectivity index (χ0) is 15.4. The molecule has 4 heteroatoms. The Labute approximate surface area is 128 Å². The summed E-state index contributed by atoms with van der Waals surface area (Å²) in [6, 6.07) is 7.78. The number of likely N-dealkylation sites (N-methyl/N-ethyl adjacent to an activating group) is 1. The van der Waals surface area contributed by atoms with Crippen LogP contribution in [0.5, 0.6) is 5.75 Å². The maximum atomic E-state index is 10.6. The molecule has 1 saturated heterocycles. The fourth-order valence-corrected chi connectivity index (χ4v) is 3.07. The van der Waals surface area contributed by atoms with Crippen LogP contribution in [0.1, 0.15) is 25.0 Å². The Morgan fingerprint density at radius 2 is 2.05 bits per heavy atom. The summed E-state index contributed by atoms with van der Waals surface area (Å²) in [4.78, 5) is 4.65. The average molecular weight is 292 g/mol. The number of hydrogen-bond donors (Lipinski definition) is 1. The number of rotatable bonds is 6. The third-order valence-corrected chi connectivity index (χ3v) is 4.64. The summed E-state index contributed by atoms with van der Waals surface area (Å²) in [6.45, 7) is 5.48. The summed E-state index contributed by atoms with van der Waals surface area (Å²) in [5, 5.41) is 10.6. The summed E-state index contributed by atoms with van der Waals surface area (Å²) in [5.74, 6) is 1.53. The highest BCUT2D eigenvalue weighted by molar-refractivity contribution is 5.29. The van der Waals surface area contributed by atoms with Crippen LogP contribution in [0.4, 0.5) is 0 Å². The van der Waals surface area contributed by atoms with Gasteiger partial charge in [-0.2, -0.15) is 0 Å². The van der Waals surface area contributed by atoms with Gasteiger partial charge in [-0.3, -0.25) is 0 Å². The Hall–Kier alpha value is -1.10. The van der Waals surface area contributed by atoms with E-state index in [1.165, 1.54) is 13.0 Å². The van der Waals surface area contributed by atoms with Crippen molar-refractivity contribution >= 4 is 0 Å². The highest BCUT2D eigenvalue weighted by Gasteiger charge is 2.25. The summed E-state index contributed by atoms with van der Waals surface area (Å²) in [5.41, 5.74) is 0.943. The average Bonchev–Trinajstić information content (AvgIpc) is 2.90. The Morgan fingerprint density at radius 3 is 2.57 bits per heavy atom. The van der Waals surface area contributed by atoms with Crippen LogP contribution in [0.25, 0.3) is 0 Å². The first-order valence-corrected chi connectivity index (χ1v) is 7.72. The largest absolute Gasteiger partial charge is 0.497 e. The Bertz CT molecular complexity index is 435. The van der Waals surface area contributed by atoms with Crippen LogP contribution >= 0.6 is 0 Å². The Morgan fingerprint density at radius 1 is 1.38 bits per heavy atom. The number of methoxy groups -OCH3 is 1. The molecule has 0 aromatic heterocycles. The Balaban J connectivity index is 1.92. The van der Waals surface area contributed by atoms with Crippen LogP contribution in [0.2, 0.25) is 0 Å². The molecule has 1 aliphatic heterocycles. The van der Waals surface area contributed by atoms with Gasteiger partial charge in [0.1, 0.15) is 5.75 Å². The number of hydrogen-bond acceptors (Lipinski definition) is 4. The van der Waals surface area contributed by atoms with Gasteiger partial charge in [0.2, 0.25) is 0 Å². The summed E-state index contributed by atoms with van der Waals surface area (Å²) < 4.78 is 5.16. The first-order chi connectivity index (χ1) is 10.0. The molecule has 1 fully saturated rings. The molecule has 0 saturated carbocycles. The summed E-state index contributed by atoms with van der Waals surface area (Å²) in [7, 11) is 5.94. The van der Waals surface area contributed by atoms with Crippen LogP contribution < -0.4 is 4.74 Å². The minimum absolute atomic E-state index is 0.101. The van der Waals surface area contributed by atoms with E-state index in [0.29, 0.717) is 5.92 Å². The van der Waals surface area contributed by atoms with E-state index in [0.717, 1.165) is 24.4 Å². The molecular formula is C17H28N2O2. The van der Waals surface area contributed by atoms with E-state index in [4.69, 9.17) is 4.74 Å². The normalized spacial score (nSPS) is 22.5. The molecule has 0 bridgehead atoms. The van der Waals surface area contributed by atoms with E-state index in [9.17, 15) is 5.11 Å². The molecular weight excluding hydrogens is 264 g/mol. The van der Waals surface area contributed by atoms with Crippen molar-refractivity contribution < 1.29 is 9.84 Å². The number of benzene rings is 1. The van der Waals surface area contributed by atoms with Gasteiger partial charge in [0.05, 0.1) is 13.2 Å². The van der Waals surface area contributed by atoms with Crippen molar-refractivity contribution in [1.82, 2.24) is 9.80 Å². The van der Waals surface area contributed by atoms with E-state index in [1.54, 1.807) is 7.11 Å². The van der Waals surface area contributed by atoms with Crippen molar-refractivity contribution in [3.8, 4) is 5.75 Å². The predicted molar refractivity (Wildman–Crippen MR) is 85.6 cm³/mol. The summed E-state index contributed by atoms with van der Waals surface area (Å²) >= 11 is 0. The zero-order valence-corrected chi connectivity index (χ0v) is 13.6. The molecule has 0 amide bonds. The van der Waals surface area contributed by atoms with Crippen molar-refractivity contribution in [2.75, 3.05) is 40.8 Å². The monoisotopic (exact) mass is 292 g/mol. The molecule has 1 aliphatic rings. The molecule has 0 aliphatic carbocycles. The standard InChI is InChI=1S/C17H28N2O2/c1-13(19(3)12-14-9-10-18(2)11-14)17(20)15-5-7-16(21-4)8-6-15/h5-8,13-14,17,20H,9-12H2,1-4H3. The lowest BCUT2D eigenvalue weighted by Gasteiger charge is -2.31. The van der Waals surface area contributed by atoms with Crippen molar-refractivity contribution in [2.45, 2.75) is 25.5 Å². The topological polar surface area (TPSA) is 35.9 Å². The fraction of sp³-hybridized carbons (Fsp3) is 0.647. The van der Waals surface area contributed by atoms with E-state index < -0.39 is 6.10 Å². The number of aliphatic hydroxyl groups excluding tert-OH is 1. The molecule has 2 rings (SSSR count). The van der Waals surface area contributed by atoms with E-state index in [2.05, 4.69) is 30.8 Å². The molecule has 1 N–H and O–H groups in total. The van der Waals surface area contributed by atoms with Gasteiger partial charge in [0.15, 0.2) is 0 Å². The van der Waals surface area contributed by atoms with Crippen molar-refractivity contribution in [2.24, 2.45) is 5.92 Å². The lowest BCUT2D eigenvalue weighted by Crippen LogP contribution is -2.38. The smallest absolute Gasteiger partial charge is 0.118 e. The van der Waals surface area contributed by atoms with Gasteiger partial charge in [0, 0.05) is 19.1 Å². The van der Waals surface area contributed by atoms with Crippen molar-refractivity contribution in [1.29, 1.82) is 0 Å². The van der Waals surface area contributed by atoms with Crippen LogP contribution in [0, 0.1) is 5.92 Å². The Kier molecular flexibility index (Phi) is 5.62. The first kappa shape index (κ1) is 16.3. The highest BCUT2D eigenvalue weighted by atomic mass is 16.5. The molecule has 4 nitrogen and oxygen atoms in total. The van der Waals surface area contributed by atoms with E-state index in [1.807, 2.05) is 24.3 Å². The first-order valence-electron chi connectivity index (χ1n) is 7.72. The molecule has 0 spiro atoms. The molecule has 21 heavy (non-hydrogen) atoms. The van der Waals surface area contributed by atoms with E-state index in [-0.39, 0.29) is 6.04 Å². The number of nitrogens with zero attached hydrogens (tertiary/aromatic N) is 2. The minimum Gasteiger partial charge on any atom is -0.497 e. The minimum atomic E-state index is -0.472. The quantitative estimate of drug-likeness (QED) is 0.870. The van der Waals surface area contributed by atoms with Gasteiger partial charge in [-0.25, -0.2) is 0 Å². The highest BCUT2D eigenvalue weighted by Crippen LogP contribution is 2.24. The third-order valence-electron chi connectivity index (χ3n) is 4.64. The van der Waals surface area contributed by atoms with Crippen LogP contribution in [0.3, 0.4) is 0 Å². The van der Waals surface area contributed by atoms with Crippen molar-refractivity contribution in [3.05, 3.63) is 29.8 Å². The second-order valence-corrected chi connectivity index (χ2v) is 6.32. The molecule has 3 atom stereocenters. The molecule has 1 heterocycles. The van der Waals surface area contributed by atoms with Gasteiger partial charge in [-0.1, -0.05) is 12.1 Å². The van der Waals surface area contributed by atoms with Gasteiger partial charge >= 0.3 is 0 Å². The molecule has 1 aromatic carbocycles. The summed E-state index contributed by atoms with van der Waals surface area (Å²) in [6.07, 6.45) is 0.784. The molecule has 118 valence electrons. The number of likely N-dealkylation sites (tertiary alicyclic amines) is 1. The van der Waals surface area contributed by atoms with Gasteiger partial charge in [-0.05, 0) is 57.6 Å². The molecule has 0 radical (unpaired) electrons. The lowest BCUT2D eigenvalue weighted by molar-refractivity contribution is 0.0649. The second-order valence-electron chi connectivity index (χ2n) is 6.32. The zero-order valence-electron chi connectivity index (χ0n) is 13.6. The number of ether oxygens (including phenoxy) is 1. The van der Waals surface area contributed by atoms with Crippen LogP contribution in [0.15, 0.2) is 24.3 Å². The number of aliphatic hydroxyl groups is 1. The lowest BCUT2D eigenvalue weighted by atomic mass is 10.0. The maximum absolute atomic E-state index is 10.6. The van der Waals surface area contributed by atoms with Crippen molar-refractivity contribution in [3.63, 3.8) is 0 Å².